The van der Waals surface area contributed by atoms with E-state index in [-0.39, 0.29) is 11.9 Å². The highest BCUT2D eigenvalue weighted by Gasteiger charge is 2.41. The van der Waals surface area contributed by atoms with Gasteiger partial charge in [0, 0.05) is 36.6 Å². The van der Waals surface area contributed by atoms with Crippen molar-refractivity contribution in [2.45, 2.75) is 51.2 Å². The third kappa shape index (κ3) is 3.64. The molecule has 24 heavy (non-hydrogen) atoms. The van der Waals surface area contributed by atoms with E-state index in [1.807, 2.05) is 0 Å². The highest BCUT2D eigenvalue weighted by atomic mass is 79.9. The van der Waals surface area contributed by atoms with E-state index in [9.17, 15) is 14.7 Å². The normalized spacial score (nSPS) is 23.0. The van der Waals surface area contributed by atoms with Gasteiger partial charge in [-0.1, -0.05) is 28.1 Å². The van der Waals surface area contributed by atoms with Gasteiger partial charge in [-0.3, -0.25) is 9.69 Å². The number of amides is 1. The van der Waals surface area contributed by atoms with E-state index in [4.69, 9.17) is 0 Å². The van der Waals surface area contributed by atoms with Crippen LogP contribution in [0.3, 0.4) is 0 Å². The minimum Gasteiger partial charge on any atom is -0.480 e. The zero-order valence-corrected chi connectivity index (χ0v) is 15.5. The molecule has 2 aliphatic heterocycles. The Morgan fingerprint density at radius 1 is 1.29 bits per heavy atom. The van der Waals surface area contributed by atoms with Crippen LogP contribution in [-0.4, -0.2) is 52.0 Å². The summed E-state index contributed by atoms with van der Waals surface area (Å²) in [4.78, 5) is 27.5. The highest BCUT2D eigenvalue weighted by molar-refractivity contribution is 9.10. The molecule has 130 valence electrons. The fourth-order valence-corrected chi connectivity index (χ4v) is 4.07. The molecule has 0 aliphatic carbocycles. The number of piperidine rings is 1. The lowest BCUT2D eigenvalue weighted by molar-refractivity contribution is -0.148. The number of hydrogen-bond donors (Lipinski definition) is 1. The molecule has 2 fully saturated rings. The minimum atomic E-state index is -0.867. The van der Waals surface area contributed by atoms with E-state index >= 15 is 0 Å². The van der Waals surface area contributed by atoms with Crippen LogP contribution >= 0.6 is 15.9 Å². The van der Waals surface area contributed by atoms with E-state index < -0.39 is 12.0 Å². The van der Waals surface area contributed by atoms with Crippen LogP contribution in [0.25, 0.3) is 0 Å². The Bertz CT molecular complexity index is 641. The van der Waals surface area contributed by atoms with E-state index in [2.05, 4.69) is 46.0 Å². The van der Waals surface area contributed by atoms with Crippen LogP contribution in [0.4, 0.5) is 0 Å². The van der Waals surface area contributed by atoms with E-state index in [1.165, 1.54) is 11.1 Å². The lowest BCUT2D eigenvalue weighted by atomic mass is 10.0. The first-order valence-corrected chi connectivity index (χ1v) is 9.26. The van der Waals surface area contributed by atoms with Crippen molar-refractivity contribution in [2.75, 3.05) is 13.1 Å². The van der Waals surface area contributed by atoms with Crippen LogP contribution < -0.4 is 0 Å². The van der Waals surface area contributed by atoms with Crippen LogP contribution in [0.1, 0.15) is 36.8 Å². The Morgan fingerprint density at radius 3 is 2.62 bits per heavy atom. The average molecular weight is 395 g/mol. The molecule has 2 heterocycles. The molecule has 1 N–H and O–H groups in total. The summed E-state index contributed by atoms with van der Waals surface area (Å²) < 4.78 is 1.12. The fourth-order valence-electron chi connectivity index (χ4n) is 3.82. The summed E-state index contributed by atoms with van der Waals surface area (Å²) >= 11 is 3.52. The lowest BCUT2D eigenvalue weighted by Crippen LogP contribution is -2.50. The van der Waals surface area contributed by atoms with Crippen molar-refractivity contribution in [3.8, 4) is 0 Å². The first-order valence-electron chi connectivity index (χ1n) is 8.47. The quantitative estimate of drug-likeness (QED) is 0.852. The molecular weight excluding hydrogens is 372 g/mol. The molecule has 0 bridgehead atoms. The second-order valence-corrected chi connectivity index (χ2v) is 7.64. The predicted octanol–water partition coefficient (Wildman–Crippen LogP) is 2.80. The third-order valence-electron chi connectivity index (χ3n) is 5.12. The average Bonchev–Trinajstić information content (AvgIpc) is 2.94. The van der Waals surface area contributed by atoms with Gasteiger partial charge in [0.2, 0.25) is 5.91 Å². The first-order chi connectivity index (χ1) is 11.5. The van der Waals surface area contributed by atoms with Gasteiger partial charge in [-0.15, -0.1) is 0 Å². The van der Waals surface area contributed by atoms with E-state index in [0.29, 0.717) is 12.8 Å². The van der Waals surface area contributed by atoms with Crippen molar-refractivity contribution in [3.63, 3.8) is 0 Å². The third-order valence-corrected chi connectivity index (χ3v) is 6.01. The molecule has 0 saturated carbocycles. The molecule has 5 nitrogen and oxygen atoms in total. The summed E-state index contributed by atoms with van der Waals surface area (Å²) in [6.07, 6.45) is 2.53. The van der Waals surface area contributed by atoms with Crippen LogP contribution in [-0.2, 0) is 16.1 Å². The van der Waals surface area contributed by atoms with Gasteiger partial charge in [0.05, 0.1) is 0 Å². The van der Waals surface area contributed by atoms with Crippen molar-refractivity contribution in [1.82, 2.24) is 9.80 Å². The second-order valence-electron chi connectivity index (χ2n) is 6.78. The van der Waals surface area contributed by atoms with Gasteiger partial charge >= 0.3 is 5.97 Å². The Labute approximate surface area is 150 Å². The Kier molecular flexibility index (Phi) is 5.25. The number of carboxylic acids is 1. The smallest absolute Gasteiger partial charge is 0.326 e. The molecule has 0 aromatic heterocycles. The highest BCUT2D eigenvalue weighted by Crippen LogP contribution is 2.28. The maximum Gasteiger partial charge on any atom is 0.326 e. The van der Waals surface area contributed by atoms with Gasteiger partial charge in [0.15, 0.2) is 0 Å². The SMILES string of the molecule is Cc1cc(CN2CCC(N3C(=O)CC[C@@H]3C(=O)O)CC2)ccc1Br. The van der Waals surface area contributed by atoms with Crippen LogP contribution in [0.5, 0.6) is 0 Å². The Balaban J connectivity index is 1.58. The molecular formula is C18H23BrN2O3. The van der Waals surface area contributed by atoms with Crippen molar-refractivity contribution < 1.29 is 14.7 Å². The molecule has 1 aromatic carbocycles. The number of aryl methyl sites for hydroxylation is 1. The number of halogens is 1. The molecule has 1 amide bonds. The number of nitrogens with zero attached hydrogens (tertiary/aromatic N) is 2. The van der Waals surface area contributed by atoms with Gasteiger partial charge in [-0.2, -0.15) is 0 Å². The standard InChI is InChI=1S/C18H23BrN2O3/c1-12-10-13(2-3-15(12)19)11-20-8-6-14(7-9-20)21-16(18(23)24)4-5-17(21)22/h2-3,10,14,16H,4-9,11H2,1H3,(H,23,24)/t16-/m1/s1. The summed E-state index contributed by atoms with van der Waals surface area (Å²) in [7, 11) is 0. The molecule has 1 atom stereocenters. The minimum absolute atomic E-state index is 0.00406. The van der Waals surface area contributed by atoms with Crippen LogP contribution in [0.2, 0.25) is 0 Å². The first kappa shape index (κ1) is 17.4. The molecule has 0 spiro atoms. The molecule has 3 rings (SSSR count). The number of carboxylic acid groups (broad SMARTS) is 1. The van der Waals surface area contributed by atoms with Crippen LogP contribution in [0, 0.1) is 6.92 Å². The summed E-state index contributed by atoms with van der Waals surface area (Å²) in [5, 5.41) is 9.32. The van der Waals surface area contributed by atoms with Gasteiger partial charge in [0.1, 0.15) is 6.04 Å². The number of rotatable bonds is 4. The van der Waals surface area contributed by atoms with Gasteiger partial charge in [-0.25, -0.2) is 4.79 Å². The maximum atomic E-state index is 12.1. The van der Waals surface area contributed by atoms with Crippen molar-refractivity contribution in [3.05, 3.63) is 33.8 Å². The number of likely N-dealkylation sites (tertiary alicyclic amines) is 2. The Hall–Kier alpha value is -1.40. The van der Waals surface area contributed by atoms with Crippen molar-refractivity contribution >= 4 is 27.8 Å². The van der Waals surface area contributed by atoms with Gasteiger partial charge in [0.25, 0.3) is 0 Å². The molecule has 6 heteroatoms. The summed E-state index contributed by atoms with van der Waals surface area (Å²) in [5.41, 5.74) is 2.52. The molecule has 0 radical (unpaired) electrons. The van der Waals surface area contributed by atoms with E-state index in [1.54, 1.807) is 4.90 Å². The summed E-state index contributed by atoms with van der Waals surface area (Å²) in [6.45, 7) is 4.79. The Morgan fingerprint density at radius 2 is 2.00 bits per heavy atom. The molecule has 0 unspecified atom stereocenters. The lowest BCUT2D eigenvalue weighted by Gasteiger charge is -2.38. The predicted molar refractivity (Wildman–Crippen MR) is 94.7 cm³/mol. The number of carbonyl (C=O) groups excluding carboxylic acids is 1. The van der Waals surface area contributed by atoms with Gasteiger partial charge < -0.3 is 10.0 Å². The van der Waals surface area contributed by atoms with Crippen molar-refractivity contribution in [1.29, 1.82) is 0 Å². The summed E-state index contributed by atoms with van der Waals surface area (Å²) in [5.74, 6) is -0.863. The molecule has 2 saturated heterocycles. The van der Waals surface area contributed by atoms with Gasteiger partial charge in [-0.05, 0) is 43.4 Å². The number of carbonyl (C=O) groups is 2. The monoisotopic (exact) mass is 394 g/mol. The fraction of sp³-hybridized carbons (Fsp3) is 0.556. The number of hydrogen-bond acceptors (Lipinski definition) is 3. The maximum absolute atomic E-state index is 12.1. The second kappa shape index (κ2) is 7.23. The van der Waals surface area contributed by atoms with E-state index in [0.717, 1.165) is 36.9 Å². The number of aliphatic carboxylic acids is 1. The largest absolute Gasteiger partial charge is 0.480 e. The molecule has 2 aliphatic rings. The number of benzene rings is 1. The molecule has 1 aromatic rings. The summed E-state index contributed by atoms with van der Waals surface area (Å²) in [6, 6.07) is 5.86. The zero-order valence-electron chi connectivity index (χ0n) is 13.9. The zero-order chi connectivity index (χ0) is 17.3. The van der Waals surface area contributed by atoms with Crippen molar-refractivity contribution in [2.24, 2.45) is 0 Å². The topological polar surface area (TPSA) is 60.9 Å². The van der Waals surface area contributed by atoms with Crippen LogP contribution in [0.15, 0.2) is 22.7 Å².